The molecular weight excluding hydrogens is 665 g/mol. The lowest BCUT2D eigenvalue weighted by Gasteiger charge is -2.64. The van der Waals surface area contributed by atoms with Crippen LogP contribution in [0.25, 0.3) is 11.6 Å². The predicted molar refractivity (Wildman–Crippen MR) is 208 cm³/mol. The van der Waals surface area contributed by atoms with Crippen molar-refractivity contribution in [2.45, 2.75) is 110 Å². The van der Waals surface area contributed by atoms with Gasteiger partial charge in [-0.3, -0.25) is 4.98 Å². The minimum absolute atomic E-state index is 0.0146. The third-order valence-electron chi connectivity index (χ3n) is 12.4. The summed E-state index contributed by atoms with van der Waals surface area (Å²) in [5, 5.41) is 13.2. The lowest BCUT2D eigenvalue weighted by molar-refractivity contribution is -0.199. The van der Waals surface area contributed by atoms with E-state index < -0.39 is 27.5 Å². The van der Waals surface area contributed by atoms with Crippen molar-refractivity contribution in [2.24, 2.45) is 17.3 Å². The van der Waals surface area contributed by atoms with E-state index in [1.165, 1.54) is 0 Å². The van der Waals surface area contributed by atoms with E-state index in [1.54, 1.807) is 6.20 Å². The first-order valence-electron chi connectivity index (χ1n) is 18.7. The molecule has 7 rings (SSSR count). The molecule has 1 aliphatic heterocycles. The fourth-order valence-electron chi connectivity index (χ4n) is 8.04. The lowest BCUT2D eigenvalue weighted by atomic mass is 9.43. The number of rotatable bonds is 12. The molecule has 2 aromatic carbocycles. The van der Waals surface area contributed by atoms with Crippen molar-refractivity contribution in [1.82, 2.24) is 10.3 Å². The average molecular weight is 720 g/mol. The van der Waals surface area contributed by atoms with Gasteiger partial charge >= 0.3 is 13.2 Å². The van der Waals surface area contributed by atoms with Crippen LogP contribution in [0.15, 0.2) is 72.9 Å². The maximum atomic E-state index is 13.4. The fraction of sp³-hybridized carbons (Fsp3) is 0.500. The number of allylic oxidation sites excluding steroid dienone is 1. The molecule has 0 unspecified atom stereocenters. The van der Waals surface area contributed by atoms with Crippen LogP contribution in [0.5, 0.6) is 0 Å². The van der Waals surface area contributed by atoms with Gasteiger partial charge in [0.25, 0.3) is 0 Å². The Morgan fingerprint density at radius 2 is 1.81 bits per heavy atom. The highest BCUT2D eigenvalue weighted by atomic mass is 28.4. The molecule has 2 bridgehead atoms. The topological polar surface area (TPSA) is 103 Å². The quantitative estimate of drug-likeness (QED) is 0.147. The van der Waals surface area contributed by atoms with Gasteiger partial charge in [0, 0.05) is 12.6 Å². The van der Waals surface area contributed by atoms with E-state index in [-0.39, 0.29) is 28.8 Å². The highest BCUT2D eigenvalue weighted by Gasteiger charge is 2.68. The number of ether oxygens (including phenoxy) is 1. The molecule has 1 amide bonds. The van der Waals surface area contributed by atoms with Crippen molar-refractivity contribution in [3.05, 3.63) is 101 Å². The first kappa shape index (κ1) is 38.0. The summed E-state index contributed by atoms with van der Waals surface area (Å²) in [6.45, 7) is 18.7. The number of nitrogens with one attached hydrogen (secondary N) is 1. The second kappa shape index (κ2) is 14.9. The maximum absolute atomic E-state index is 13.4. The van der Waals surface area contributed by atoms with Crippen LogP contribution in [-0.4, -0.2) is 50.8 Å². The molecule has 8 nitrogen and oxygen atoms in total. The summed E-state index contributed by atoms with van der Waals surface area (Å²) in [6, 6.07) is 24.1. The van der Waals surface area contributed by atoms with E-state index in [9.17, 15) is 10.1 Å². The number of hydrogen-bond acceptors (Lipinski definition) is 7. The minimum atomic E-state index is -2.01. The number of amides is 1. The second-order valence-electron chi connectivity index (χ2n) is 17.2. The van der Waals surface area contributed by atoms with E-state index in [0.29, 0.717) is 42.6 Å². The largest absolute Gasteiger partial charge is 0.482 e. The number of nitrogens with zero attached hydrogens (tertiary/aromatic N) is 2. The van der Waals surface area contributed by atoms with Gasteiger partial charge in [0.05, 0.1) is 42.1 Å². The zero-order chi connectivity index (χ0) is 37.3. The van der Waals surface area contributed by atoms with Crippen LogP contribution in [0.1, 0.15) is 82.3 Å². The number of alkyl carbamates (subject to hydrolysis) is 1. The van der Waals surface area contributed by atoms with Crippen molar-refractivity contribution < 1.29 is 23.3 Å². The predicted octanol–water partition coefficient (Wildman–Crippen LogP) is 8.82. The molecule has 52 heavy (non-hydrogen) atoms. The Morgan fingerprint density at radius 1 is 1.08 bits per heavy atom. The SMILES string of the molecule is CC1(C)[C@@H]2C[C@H]3OB([C@H](Cc4ccccc4)NC(=O)OCCc4cc(C=C(C#N)c5ccccn5)cc(CO[Si](C)(C)C(C)(C)C)c4)O[C@@]3(C)[C@H]1C2. The summed E-state index contributed by atoms with van der Waals surface area (Å²) in [7, 11) is -2.58. The van der Waals surface area contributed by atoms with Gasteiger partial charge in [-0.2, -0.15) is 5.26 Å². The molecule has 3 saturated carbocycles. The summed E-state index contributed by atoms with van der Waals surface area (Å²) in [4.78, 5) is 17.8. The van der Waals surface area contributed by atoms with E-state index in [1.807, 2.05) is 48.5 Å². The number of hydrogen-bond donors (Lipinski definition) is 1. The molecule has 2 heterocycles. The smallest absolute Gasteiger partial charge is 0.449 e. The van der Waals surface area contributed by atoms with Crippen molar-refractivity contribution in [2.75, 3.05) is 6.61 Å². The van der Waals surface area contributed by atoms with Gasteiger partial charge in [-0.05, 0) is 108 Å². The number of carbonyl (C=O) groups is 1. The van der Waals surface area contributed by atoms with Gasteiger partial charge in [-0.1, -0.05) is 83.1 Å². The van der Waals surface area contributed by atoms with Gasteiger partial charge in [0.2, 0.25) is 0 Å². The summed E-state index contributed by atoms with van der Waals surface area (Å²) < 4.78 is 25.8. The van der Waals surface area contributed by atoms with E-state index in [2.05, 4.69) is 95.3 Å². The molecule has 1 saturated heterocycles. The zero-order valence-electron chi connectivity index (χ0n) is 32.1. The second-order valence-corrected chi connectivity index (χ2v) is 22.0. The standard InChI is InChI=1S/C42H54BN3O5Si/c1-40(2,3)52(7,8)49-28-32-21-30(20-31(22-32)23-33(27-44)35-16-12-13-18-45-35)17-19-48-39(47)46-38(24-29-14-10-9-11-15-29)43-50-37-26-34-25-36(41(34,4)5)42(37,6)51-43/h9-16,18,20-23,34,36-38H,17,19,24-26,28H2,1-8H3,(H,46,47)/t34-,36-,37+,38-,42-/m0/s1. The Kier molecular flexibility index (Phi) is 10.9. The van der Waals surface area contributed by atoms with E-state index in [0.717, 1.165) is 35.1 Å². The summed E-state index contributed by atoms with van der Waals surface area (Å²) in [5.41, 5.74) is 4.88. The van der Waals surface area contributed by atoms with Gasteiger partial charge in [0.15, 0.2) is 8.32 Å². The molecule has 3 aliphatic carbocycles. The normalized spacial score (nSPS) is 24.3. The summed E-state index contributed by atoms with van der Waals surface area (Å²) >= 11 is 0. The van der Waals surface area contributed by atoms with Crippen LogP contribution in [0.2, 0.25) is 18.1 Å². The van der Waals surface area contributed by atoms with Crippen LogP contribution < -0.4 is 5.32 Å². The Balaban J connectivity index is 1.15. The molecule has 0 spiro atoms. The van der Waals surface area contributed by atoms with Gasteiger partial charge < -0.3 is 23.8 Å². The van der Waals surface area contributed by atoms with Crippen LogP contribution in [0, 0.1) is 28.6 Å². The average Bonchev–Trinajstić information content (AvgIpc) is 3.47. The third kappa shape index (κ3) is 8.08. The third-order valence-corrected chi connectivity index (χ3v) is 16.9. The van der Waals surface area contributed by atoms with Crippen molar-refractivity contribution >= 4 is 33.2 Å². The minimum Gasteiger partial charge on any atom is -0.449 e. The molecule has 1 N–H and O–H groups in total. The molecular formula is C42H54BN3O5Si. The Morgan fingerprint density at radius 3 is 2.48 bits per heavy atom. The highest BCUT2D eigenvalue weighted by molar-refractivity contribution is 6.74. The number of carbonyl (C=O) groups excluding carboxylic acids is 1. The Labute approximate surface area is 311 Å². The number of nitriles is 1. The molecule has 4 aliphatic rings. The first-order chi connectivity index (χ1) is 24.6. The Bertz CT molecular complexity index is 1810. The van der Waals surface area contributed by atoms with Crippen LogP contribution >= 0.6 is 0 Å². The van der Waals surface area contributed by atoms with Gasteiger partial charge in [-0.25, -0.2) is 4.79 Å². The monoisotopic (exact) mass is 719 g/mol. The molecule has 1 aromatic heterocycles. The van der Waals surface area contributed by atoms with Crippen LogP contribution in [-0.2, 0) is 37.9 Å². The van der Waals surface area contributed by atoms with Crippen molar-refractivity contribution in [1.29, 1.82) is 5.26 Å². The van der Waals surface area contributed by atoms with Crippen molar-refractivity contribution in [3.63, 3.8) is 0 Å². The first-order valence-corrected chi connectivity index (χ1v) is 21.6. The summed E-state index contributed by atoms with van der Waals surface area (Å²) in [5.74, 6) is 0.647. The number of benzene rings is 2. The molecule has 4 fully saturated rings. The van der Waals surface area contributed by atoms with Crippen LogP contribution in [0.4, 0.5) is 4.79 Å². The molecule has 10 heteroatoms. The number of pyridine rings is 1. The molecule has 3 aromatic rings. The number of aromatic nitrogens is 1. The summed E-state index contributed by atoms with van der Waals surface area (Å²) in [6.07, 6.45) is 6.25. The van der Waals surface area contributed by atoms with E-state index in [4.69, 9.17) is 18.5 Å². The Hall–Kier alpha value is -3.75. The van der Waals surface area contributed by atoms with Gasteiger partial charge in [-0.15, -0.1) is 0 Å². The molecule has 0 radical (unpaired) electrons. The van der Waals surface area contributed by atoms with Gasteiger partial charge in [0.1, 0.15) is 6.07 Å². The van der Waals surface area contributed by atoms with Crippen LogP contribution in [0.3, 0.4) is 0 Å². The highest BCUT2D eigenvalue weighted by Crippen LogP contribution is 2.65. The lowest BCUT2D eigenvalue weighted by Crippen LogP contribution is -2.65. The maximum Gasteiger partial charge on any atom is 0.482 e. The molecule has 5 atom stereocenters. The fourth-order valence-corrected chi connectivity index (χ4v) is 9.00. The van der Waals surface area contributed by atoms with E-state index >= 15 is 0 Å². The van der Waals surface area contributed by atoms with Crippen molar-refractivity contribution in [3.8, 4) is 6.07 Å². The molecule has 274 valence electrons. The zero-order valence-corrected chi connectivity index (χ0v) is 33.1.